The molecule has 1 nitrogen and oxygen atoms in total. The highest BCUT2D eigenvalue weighted by Gasteiger charge is 1.72. The molecule has 0 atom stereocenters. The van der Waals surface area contributed by atoms with Gasteiger partial charge < -0.3 is 12.4 Å². The van der Waals surface area contributed by atoms with Crippen LogP contribution in [-0.2, 0) is 0 Å². The number of hydrogen-bond donors (Lipinski definition) is 0. The van der Waals surface area contributed by atoms with Crippen molar-refractivity contribution in [1.29, 1.82) is 0 Å². The van der Waals surface area contributed by atoms with Crippen molar-refractivity contribution in [3.05, 3.63) is 0 Å². The molecule has 0 heterocycles. The van der Waals surface area contributed by atoms with Gasteiger partial charge in [0, 0.05) is 12.8 Å². The Kier molecular flexibility index (Phi) is 13.2. The molecule has 0 rings (SSSR count). The van der Waals surface area contributed by atoms with Crippen molar-refractivity contribution in [3.8, 4) is 0 Å². The second-order valence-electron chi connectivity index (χ2n) is 1.33. The molecule has 0 aliphatic heterocycles. The Labute approximate surface area is 57.0 Å². The van der Waals surface area contributed by atoms with Crippen molar-refractivity contribution in [2.75, 3.05) is 0 Å². The van der Waals surface area contributed by atoms with Gasteiger partial charge in [0.2, 0.25) is 0 Å². The second-order valence-corrected chi connectivity index (χ2v) is 1.33. The van der Waals surface area contributed by atoms with Gasteiger partial charge >= 0.3 is 0 Å². The molecule has 0 aliphatic rings. The fourth-order valence-electron chi connectivity index (χ4n) is 0.285. The standard InChI is InChI=1S/C6H12N.ClH/c1-3-5-7-6-4-2;/h5-6H,3-4H2,1-2H3;1H/q+1;/p-1. The first-order valence-corrected chi connectivity index (χ1v) is 2.75. The molecule has 0 N–H and O–H groups in total. The Morgan fingerprint density at radius 1 is 1.12 bits per heavy atom. The van der Waals surface area contributed by atoms with E-state index >= 15 is 0 Å². The summed E-state index contributed by atoms with van der Waals surface area (Å²) in [5.74, 6) is 0. The number of nitrogens with zero attached hydrogens (tertiary/aromatic N) is 1. The zero-order valence-electron chi connectivity index (χ0n) is 5.39. The average Bonchev–Trinajstić information content (AvgIpc) is 1.69. The van der Waals surface area contributed by atoms with Crippen LogP contribution in [0.2, 0.25) is 0 Å². The third-order valence-corrected chi connectivity index (χ3v) is 0.576. The van der Waals surface area contributed by atoms with Crippen molar-refractivity contribution in [3.63, 3.8) is 0 Å². The minimum atomic E-state index is 0. The molecule has 0 spiro atoms. The first-order valence-electron chi connectivity index (χ1n) is 2.75. The maximum atomic E-state index is 3.96. The molecule has 0 saturated carbocycles. The zero-order chi connectivity index (χ0) is 5.54. The molecule has 2 heteroatoms. The van der Waals surface area contributed by atoms with E-state index in [0.29, 0.717) is 0 Å². The van der Waals surface area contributed by atoms with E-state index in [1.807, 2.05) is 12.4 Å². The van der Waals surface area contributed by atoms with Gasteiger partial charge in [0.15, 0.2) is 0 Å². The van der Waals surface area contributed by atoms with E-state index < -0.39 is 0 Å². The van der Waals surface area contributed by atoms with Gasteiger partial charge in [-0.3, -0.25) is 0 Å². The van der Waals surface area contributed by atoms with Crippen LogP contribution in [0.25, 0.3) is 0 Å². The molecule has 0 aromatic heterocycles. The van der Waals surface area contributed by atoms with E-state index in [-0.39, 0.29) is 12.4 Å². The van der Waals surface area contributed by atoms with E-state index in [9.17, 15) is 0 Å². The topological polar surface area (TPSA) is 14.1 Å². The molecule has 0 bridgehead atoms. The first-order chi connectivity index (χ1) is 3.41. The summed E-state index contributed by atoms with van der Waals surface area (Å²) in [5, 5.41) is 0. The highest BCUT2D eigenvalue weighted by molar-refractivity contribution is 5.65. The molecular formula is C6H12ClN. The van der Waals surface area contributed by atoms with Crippen molar-refractivity contribution in [2.24, 2.45) is 0 Å². The third-order valence-electron chi connectivity index (χ3n) is 0.576. The average molecular weight is 134 g/mol. The number of rotatable bonds is 2. The Morgan fingerprint density at radius 2 is 1.50 bits per heavy atom. The number of halogens is 1. The molecule has 0 aliphatic carbocycles. The largest absolute Gasteiger partial charge is 1.00 e. The molecule has 0 amide bonds. The Morgan fingerprint density at radius 3 is 1.75 bits per heavy atom. The highest BCUT2D eigenvalue weighted by atomic mass is 35.5. The zero-order valence-corrected chi connectivity index (χ0v) is 6.15. The maximum absolute atomic E-state index is 3.96. The molecule has 0 unspecified atom stereocenters. The fourth-order valence-corrected chi connectivity index (χ4v) is 0.285. The van der Waals surface area contributed by atoms with Crippen LogP contribution in [0.15, 0.2) is 0 Å². The summed E-state index contributed by atoms with van der Waals surface area (Å²) >= 11 is 0. The van der Waals surface area contributed by atoms with Gasteiger partial charge in [-0.25, -0.2) is 0 Å². The van der Waals surface area contributed by atoms with Gasteiger partial charge in [0.25, 0.3) is 12.4 Å². The van der Waals surface area contributed by atoms with E-state index in [4.69, 9.17) is 0 Å². The van der Waals surface area contributed by atoms with Crippen LogP contribution in [0.5, 0.6) is 0 Å². The molecule has 0 radical (unpaired) electrons. The lowest BCUT2D eigenvalue weighted by atomic mass is 10.5. The van der Waals surface area contributed by atoms with Gasteiger partial charge in [-0.05, 0) is 0 Å². The first kappa shape index (κ1) is 10.7. The molecule has 0 fully saturated rings. The summed E-state index contributed by atoms with van der Waals surface area (Å²) in [6, 6.07) is 0. The lowest BCUT2D eigenvalue weighted by Gasteiger charge is -1.54. The predicted molar refractivity (Wildman–Crippen MR) is 34.8 cm³/mol. The van der Waals surface area contributed by atoms with Crippen molar-refractivity contribution < 1.29 is 12.4 Å². The SMILES string of the molecule is CCC=[N+]=CCC.[Cl-]. The van der Waals surface area contributed by atoms with Crippen LogP contribution in [0.3, 0.4) is 0 Å². The summed E-state index contributed by atoms with van der Waals surface area (Å²) in [5.41, 5.74) is 0. The summed E-state index contributed by atoms with van der Waals surface area (Å²) in [4.78, 5) is 0. The highest BCUT2D eigenvalue weighted by Crippen LogP contribution is 1.58. The van der Waals surface area contributed by atoms with E-state index in [2.05, 4.69) is 18.5 Å². The monoisotopic (exact) mass is 133 g/mol. The van der Waals surface area contributed by atoms with Crippen molar-refractivity contribution in [1.82, 2.24) is 4.67 Å². The molecule has 0 saturated heterocycles. The van der Waals surface area contributed by atoms with Crippen LogP contribution in [0, 0.1) is 0 Å². The molecular weight excluding hydrogens is 122 g/mol. The molecule has 8 heavy (non-hydrogen) atoms. The quantitative estimate of drug-likeness (QED) is 0.306. The number of hydrogen-bond acceptors (Lipinski definition) is 0. The van der Waals surface area contributed by atoms with E-state index in [1.165, 1.54) is 0 Å². The Hall–Kier alpha value is -0.260. The predicted octanol–water partition coefficient (Wildman–Crippen LogP) is -1.98. The summed E-state index contributed by atoms with van der Waals surface area (Å²) < 4.78 is 3.96. The van der Waals surface area contributed by atoms with Crippen LogP contribution in [0.4, 0.5) is 0 Å². The summed E-state index contributed by atoms with van der Waals surface area (Å²) in [6.07, 6.45) is 5.89. The van der Waals surface area contributed by atoms with Gasteiger partial charge in [-0.2, -0.15) is 0 Å². The lowest BCUT2D eigenvalue weighted by Crippen LogP contribution is -3.00. The van der Waals surface area contributed by atoms with Gasteiger partial charge in [-0.15, -0.1) is 4.67 Å². The molecule has 0 aromatic rings. The third kappa shape index (κ3) is 9.22. The summed E-state index contributed by atoms with van der Waals surface area (Å²) in [7, 11) is 0. The Balaban J connectivity index is 0. The van der Waals surface area contributed by atoms with Crippen molar-refractivity contribution >= 4 is 12.4 Å². The maximum Gasteiger partial charge on any atom is 0.268 e. The van der Waals surface area contributed by atoms with Crippen molar-refractivity contribution in [2.45, 2.75) is 26.7 Å². The Bertz CT molecular complexity index is 74.5. The molecule has 0 aromatic carbocycles. The van der Waals surface area contributed by atoms with E-state index in [0.717, 1.165) is 12.8 Å². The summed E-state index contributed by atoms with van der Waals surface area (Å²) in [6.45, 7) is 4.15. The van der Waals surface area contributed by atoms with Crippen LogP contribution in [-0.4, -0.2) is 12.4 Å². The molecule has 48 valence electrons. The fraction of sp³-hybridized carbons (Fsp3) is 0.667. The minimum Gasteiger partial charge on any atom is -1.00 e. The van der Waals surface area contributed by atoms with Crippen LogP contribution in [0.1, 0.15) is 26.7 Å². The smallest absolute Gasteiger partial charge is 0.268 e. The van der Waals surface area contributed by atoms with E-state index in [1.54, 1.807) is 0 Å². The van der Waals surface area contributed by atoms with Crippen LogP contribution >= 0.6 is 0 Å². The lowest BCUT2D eigenvalue weighted by molar-refractivity contribution is -0.00000168. The second kappa shape index (κ2) is 9.88. The van der Waals surface area contributed by atoms with Gasteiger partial charge in [0.1, 0.15) is 0 Å². The minimum absolute atomic E-state index is 0. The van der Waals surface area contributed by atoms with Gasteiger partial charge in [-0.1, -0.05) is 13.8 Å². The van der Waals surface area contributed by atoms with Gasteiger partial charge in [0.05, 0.1) is 0 Å². The van der Waals surface area contributed by atoms with Crippen LogP contribution < -0.4 is 17.1 Å². The normalized spacial score (nSPS) is 6.25.